The predicted molar refractivity (Wildman–Crippen MR) is 89.8 cm³/mol. The van der Waals surface area contributed by atoms with Gasteiger partial charge in [0.1, 0.15) is 5.75 Å². The Kier molecular flexibility index (Phi) is 5.46. The maximum Gasteiger partial charge on any atom is 0.221 e. The van der Waals surface area contributed by atoms with Gasteiger partial charge in [0.2, 0.25) is 10.0 Å². The molecule has 1 fully saturated rings. The van der Waals surface area contributed by atoms with Crippen molar-refractivity contribution in [2.24, 2.45) is 5.73 Å². The Balaban J connectivity index is 0.00000192. The molecule has 0 amide bonds. The van der Waals surface area contributed by atoms with Crippen molar-refractivity contribution in [1.82, 2.24) is 9.46 Å². The van der Waals surface area contributed by atoms with E-state index in [1.165, 1.54) is 4.31 Å². The van der Waals surface area contributed by atoms with Gasteiger partial charge in [-0.3, -0.25) is 0 Å². The average molecular weight is 358 g/mol. The zero-order valence-corrected chi connectivity index (χ0v) is 14.4. The van der Waals surface area contributed by atoms with Gasteiger partial charge < -0.3 is 10.3 Å². The highest BCUT2D eigenvalue weighted by atomic mass is 35.5. The minimum Gasteiger partial charge on any atom is -0.360 e. The Morgan fingerprint density at radius 1 is 1.30 bits per heavy atom. The second kappa shape index (κ2) is 7.00. The number of sulfonamides is 1. The first-order valence-electron chi connectivity index (χ1n) is 7.16. The molecule has 0 unspecified atom stereocenters. The van der Waals surface area contributed by atoms with Crippen molar-refractivity contribution in [3.8, 4) is 0 Å². The Morgan fingerprint density at radius 3 is 2.61 bits per heavy atom. The molecule has 1 aliphatic rings. The van der Waals surface area contributed by atoms with Crippen LogP contribution in [-0.2, 0) is 15.8 Å². The zero-order valence-electron chi connectivity index (χ0n) is 12.8. The summed E-state index contributed by atoms with van der Waals surface area (Å²) in [5, 5.41) is 3.72. The summed E-state index contributed by atoms with van der Waals surface area (Å²) in [6.07, 6.45) is 0. The lowest BCUT2D eigenvalue weighted by Crippen LogP contribution is -2.33. The molecule has 126 valence electrons. The molecule has 1 aliphatic heterocycles. The van der Waals surface area contributed by atoms with Crippen molar-refractivity contribution < 1.29 is 12.9 Å². The van der Waals surface area contributed by atoms with Crippen molar-refractivity contribution in [2.75, 3.05) is 13.1 Å². The normalized spacial score (nSPS) is 22.0. The molecule has 0 spiro atoms. The number of nitrogens with two attached hydrogens (primary N) is 1. The number of benzene rings is 1. The summed E-state index contributed by atoms with van der Waals surface area (Å²) in [6.45, 7) is 2.49. The molecule has 6 nitrogen and oxygen atoms in total. The van der Waals surface area contributed by atoms with Crippen LogP contribution in [0.25, 0.3) is 0 Å². The Labute approximate surface area is 142 Å². The molecule has 2 N–H and O–H groups in total. The lowest BCUT2D eigenvalue weighted by atomic mass is 9.95. The first-order valence-corrected chi connectivity index (χ1v) is 8.77. The fourth-order valence-electron chi connectivity index (χ4n) is 2.83. The molecule has 0 aliphatic carbocycles. The second-order valence-electron chi connectivity index (χ2n) is 5.69. The maximum absolute atomic E-state index is 12.5. The lowest BCUT2D eigenvalue weighted by molar-refractivity contribution is 0.384. The number of rotatable bonds is 4. The molecular formula is C15H20ClN3O3S. The summed E-state index contributed by atoms with van der Waals surface area (Å²) in [5.74, 6) is 0.198. The topological polar surface area (TPSA) is 89.4 Å². The van der Waals surface area contributed by atoms with Gasteiger partial charge in [-0.05, 0) is 12.5 Å². The molecule has 0 saturated carbocycles. The third-order valence-corrected chi connectivity index (χ3v) is 5.69. The van der Waals surface area contributed by atoms with Crippen LogP contribution >= 0.6 is 12.4 Å². The van der Waals surface area contributed by atoms with Crippen LogP contribution in [0.1, 0.15) is 22.9 Å². The summed E-state index contributed by atoms with van der Waals surface area (Å²) >= 11 is 0. The summed E-state index contributed by atoms with van der Waals surface area (Å²) in [7, 11) is -3.45. The molecule has 2 atom stereocenters. The Hall–Kier alpha value is -1.41. The van der Waals surface area contributed by atoms with Crippen LogP contribution in [0, 0.1) is 6.92 Å². The number of aromatic nitrogens is 1. The van der Waals surface area contributed by atoms with Crippen molar-refractivity contribution in [3.05, 3.63) is 53.4 Å². The molecule has 1 saturated heterocycles. The van der Waals surface area contributed by atoms with E-state index in [2.05, 4.69) is 5.16 Å². The molecule has 8 heteroatoms. The highest BCUT2D eigenvalue weighted by Gasteiger charge is 2.37. The number of hydrogen-bond donors (Lipinski definition) is 1. The average Bonchev–Trinajstić information content (AvgIpc) is 3.06. The van der Waals surface area contributed by atoms with Crippen LogP contribution in [0.5, 0.6) is 0 Å². The molecule has 3 rings (SSSR count). The third-order valence-electron chi connectivity index (χ3n) is 3.95. The van der Waals surface area contributed by atoms with Gasteiger partial charge in [0.25, 0.3) is 0 Å². The van der Waals surface area contributed by atoms with Gasteiger partial charge in [-0.15, -0.1) is 12.4 Å². The van der Waals surface area contributed by atoms with E-state index < -0.39 is 10.0 Å². The van der Waals surface area contributed by atoms with Crippen LogP contribution in [0.2, 0.25) is 0 Å². The third kappa shape index (κ3) is 3.92. The molecule has 0 radical (unpaired) electrons. The molecule has 2 heterocycles. The van der Waals surface area contributed by atoms with Crippen molar-refractivity contribution in [3.63, 3.8) is 0 Å². The van der Waals surface area contributed by atoms with Gasteiger partial charge in [-0.2, -0.15) is 4.31 Å². The minimum absolute atomic E-state index is 0. The molecule has 0 bridgehead atoms. The standard InChI is InChI=1S/C15H19N3O3S.ClH/c1-11-7-13(21-17-11)10-22(19,20)18-8-14(15(16)9-18)12-5-3-2-4-6-12;/h2-7,14-15H,8-10,16H2,1H3;1H/t14-,15+;/m0./s1. The van der Waals surface area contributed by atoms with Gasteiger partial charge in [-0.1, -0.05) is 35.5 Å². The second-order valence-corrected chi connectivity index (χ2v) is 7.66. The first-order chi connectivity index (χ1) is 10.5. The quantitative estimate of drug-likeness (QED) is 0.898. The monoisotopic (exact) mass is 357 g/mol. The van der Waals surface area contributed by atoms with E-state index in [9.17, 15) is 8.42 Å². The largest absolute Gasteiger partial charge is 0.360 e. The zero-order chi connectivity index (χ0) is 15.7. The van der Waals surface area contributed by atoms with Crippen LogP contribution in [0.4, 0.5) is 0 Å². The van der Waals surface area contributed by atoms with Gasteiger partial charge in [-0.25, -0.2) is 8.42 Å². The van der Waals surface area contributed by atoms with Gasteiger partial charge in [0.05, 0.1) is 5.69 Å². The smallest absolute Gasteiger partial charge is 0.221 e. The van der Waals surface area contributed by atoms with Gasteiger partial charge in [0, 0.05) is 31.1 Å². The van der Waals surface area contributed by atoms with E-state index in [0.29, 0.717) is 24.5 Å². The van der Waals surface area contributed by atoms with Crippen molar-refractivity contribution in [1.29, 1.82) is 0 Å². The lowest BCUT2D eigenvalue weighted by Gasteiger charge is -2.15. The first kappa shape index (κ1) is 17.9. The molecule has 1 aromatic carbocycles. The number of aryl methyl sites for hydroxylation is 1. The van der Waals surface area contributed by atoms with E-state index in [0.717, 1.165) is 5.56 Å². The van der Waals surface area contributed by atoms with E-state index in [-0.39, 0.29) is 30.1 Å². The molecular weight excluding hydrogens is 338 g/mol. The van der Waals surface area contributed by atoms with E-state index in [1.807, 2.05) is 30.3 Å². The number of nitrogens with zero attached hydrogens (tertiary/aromatic N) is 2. The highest BCUT2D eigenvalue weighted by Crippen LogP contribution is 2.29. The molecule has 1 aromatic heterocycles. The molecule has 23 heavy (non-hydrogen) atoms. The fourth-order valence-corrected chi connectivity index (χ4v) is 4.29. The highest BCUT2D eigenvalue weighted by molar-refractivity contribution is 7.88. The summed E-state index contributed by atoms with van der Waals surface area (Å²) in [6, 6.07) is 11.2. The van der Waals surface area contributed by atoms with Crippen LogP contribution in [0.15, 0.2) is 40.9 Å². The Morgan fingerprint density at radius 2 is 2.00 bits per heavy atom. The van der Waals surface area contributed by atoms with Crippen molar-refractivity contribution >= 4 is 22.4 Å². The van der Waals surface area contributed by atoms with Crippen LogP contribution < -0.4 is 5.73 Å². The summed E-state index contributed by atoms with van der Waals surface area (Å²) in [4.78, 5) is 0. The maximum atomic E-state index is 12.5. The van der Waals surface area contributed by atoms with Crippen LogP contribution in [0.3, 0.4) is 0 Å². The minimum atomic E-state index is -3.45. The predicted octanol–water partition coefficient (Wildman–Crippen LogP) is 1.66. The fraction of sp³-hybridized carbons (Fsp3) is 0.400. The SMILES string of the molecule is Cc1cc(CS(=O)(=O)N2C[C@@H](N)[C@H](c3ccccc3)C2)on1.Cl. The Bertz CT molecular complexity index is 748. The number of hydrogen-bond acceptors (Lipinski definition) is 5. The van der Waals surface area contributed by atoms with Gasteiger partial charge in [0.15, 0.2) is 5.76 Å². The van der Waals surface area contributed by atoms with Crippen LogP contribution in [-0.4, -0.2) is 37.0 Å². The summed E-state index contributed by atoms with van der Waals surface area (Å²) < 4.78 is 31.5. The number of halogens is 1. The van der Waals surface area contributed by atoms with E-state index >= 15 is 0 Å². The summed E-state index contributed by atoms with van der Waals surface area (Å²) in [5.41, 5.74) is 7.90. The van der Waals surface area contributed by atoms with E-state index in [4.69, 9.17) is 10.3 Å². The van der Waals surface area contributed by atoms with Gasteiger partial charge >= 0.3 is 0 Å². The molecule has 2 aromatic rings. The van der Waals surface area contributed by atoms with E-state index in [1.54, 1.807) is 13.0 Å². The van der Waals surface area contributed by atoms with Crippen molar-refractivity contribution in [2.45, 2.75) is 24.6 Å².